The van der Waals surface area contributed by atoms with Gasteiger partial charge in [-0.2, -0.15) is 0 Å². The van der Waals surface area contributed by atoms with Crippen LogP contribution in [-0.2, 0) is 0 Å². The first-order valence-corrected chi connectivity index (χ1v) is 8.71. The van der Waals surface area contributed by atoms with E-state index in [4.69, 9.17) is 0 Å². The molecule has 1 amide bonds. The number of phenolic OH excluding ortho intramolecular Hbond substituents is 1. The van der Waals surface area contributed by atoms with Crippen molar-refractivity contribution in [2.75, 3.05) is 32.8 Å². The quantitative estimate of drug-likeness (QED) is 0.884. The van der Waals surface area contributed by atoms with Gasteiger partial charge in [0, 0.05) is 38.3 Å². The van der Waals surface area contributed by atoms with E-state index in [2.05, 4.69) is 4.90 Å². The standard InChI is InChI=1S/C18H25FN2O3/c19-17-10-15(23)3-4-16(17)18(24)20-8-5-14(6-9-20)21-7-1-2-13(11-21)12-22/h3-4,10,13-14,22-23H,1-2,5-9,11-12H2/t13-/m0/s1. The molecule has 6 heteroatoms. The van der Waals surface area contributed by atoms with Crippen LogP contribution in [0.1, 0.15) is 36.0 Å². The van der Waals surface area contributed by atoms with Gasteiger partial charge in [-0.05, 0) is 50.3 Å². The number of rotatable bonds is 3. The molecule has 2 N–H and O–H groups in total. The van der Waals surface area contributed by atoms with Gasteiger partial charge in [-0.15, -0.1) is 0 Å². The first-order valence-electron chi connectivity index (χ1n) is 8.71. The Morgan fingerprint density at radius 2 is 1.96 bits per heavy atom. The molecule has 2 heterocycles. The molecule has 0 unspecified atom stereocenters. The predicted octanol–water partition coefficient (Wildman–Crippen LogP) is 1.84. The van der Waals surface area contributed by atoms with Gasteiger partial charge in [0.25, 0.3) is 5.91 Å². The summed E-state index contributed by atoms with van der Waals surface area (Å²) in [7, 11) is 0. The van der Waals surface area contributed by atoms with Crippen LogP contribution in [0.25, 0.3) is 0 Å². The largest absolute Gasteiger partial charge is 0.508 e. The number of nitrogens with zero attached hydrogens (tertiary/aromatic N) is 2. The maximum Gasteiger partial charge on any atom is 0.256 e. The summed E-state index contributed by atoms with van der Waals surface area (Å²) in [5.74, 6) is -0.794. The van der Waals surface area contributed by atoms with Crippen LogP contribution in [-0.4, -0.2) is 64.7 Å². The van der Waals surface area contributed by atoms with Crippen molar-refractivity contribution in [2.45, 2.75) is 31.7 Å². The van der Waals surface area contributed by atoms with E-state index in [0.717, 1.165) is 44.8 Å². The van der Waals surface area contributed by atoms with Crippen molar-refractivity contribution in [3.8, 4) is 5.75 Å². The van der Waals surface area contributed by atoms with Crippen LogP contribution >= 0.6 is 0 Å². The molecule has 3 rings (SSSR count). The number of carbonyl (C=O) groups is 1. The number of amides is 1. The highest BCUT2D eigenvalue weighted by Crippen LogP contribution is 2.25. The fourth-order valence-electron chi connectivity index (χ4n) is 3.86. The molecule has 1 aromatic rings. The summed E-state index contributed by atoms with van der Waals surface area (Å²) in [4.78, 5) is 16.6. The van der Waals surface area contributed by atoms with E-state index >= 15 is 0 Å². The SMILES string of the molecule is O=C(c1ccc(O)cc1F)N1CCC(N2CCC[C@H](CO)C2)CC1. The van der Waals surface area contributed by atoms with Crippen LogP contribution < -0.4 is 0 Å². The zero-order chi connectivity index (χ0) is 17.1. The highest BCUT2D eigenvalue weighted by atomic mass is 19.1. The van der Waals surface area contributed by atoms with E-state index < -0.39 is 5.82 Å². The van der Waals surface area contributed by atoms with Crippen molar-refractivity contribution >= 4 is 5.91 Å². The Morgan fingerprint density at radius 1 is 1.21 bits per heavy atom. The minimum absolute atomic E-state index is 0.0181. The van der Waals surface area contributed by atoms with Gasteiger partial charge in [0.1, 0.15) is 11.6 Å². The minimum Gasteiger partial charge on any atom is -0.508 e. The van der Waals surface area contributed by atoms with Crippen LogP contribution in [0.5, 0.6) is 5.75 Å². The molecule has 1 atom stereocenters. The molecule has 2 saturated heterocycles. The second-order valence-electron chi connectivity index (χ2n) is 6.87. The number of aliphatic hydroxyl groups is 1. The second kappa shape index (κ2) is 7.49. The highest BCUT2D eigenvalue weighted by Gasteiger charge is 2.30. The third kappa shape index (κ3) is 3.70. The molecule has 0 saturated carbocycles. The Hall–Kier alpha value is -1.66. The van der Waals surface area contributed by atoms with Crippen LogP contribution in [0, 0.1) is 11.7 Å². The van der Waals surface area contributed by atoms with Crippen molar-refractivity contribution < 1.29 is 19.4 Å². The van der Waals surface area contributed by atoms with Crippen molar-refractivity contribution in [3.63, 3.8) is 0 Å². The molecule has 1 aromatic carbocycles. The molecular formula is C18H25FN2O3. The number of halogens is 1. The first kappa shape index (κ1) is 17.2. The lowest BCUT2D eigenvalue weighted by Gasteiger charge is -2.42. The highest BCUT2D eigenvalue weighted by molar-refractivity contribution is 5.94. The lowest BCUT2D eigenvalue weighted by atomic mass is 9.94. The van der Waals surface area contributed by atoms with E-state index in [1.807, 2.05) is 0 Å². The van der Waals surface area contributed by atoms with E-state index in [1.165, 1.54) is 12.1 Å². The van der Waals surface area contributed by atoms with Gasteiger partial charge < -0.3 is 15.1 Å². The van der Waals surface area contributed by atoms with Gasteiger partial charge >= 0.3 is 0 Å². The molecule has 2 aliphatic rings. The fourth-order valence-corrected chi connectivity index (χ4v) is 3.86. The van der Waals surface area contributed by atoms with Crippen molar-refractivity contribution in [2.24, 2.45) is 5.92 Å². The molecule has 24 heavy (non-hydrogen) atoms. The molecule has 2 aliphatic heterocycles. The summed E-state index contributed by atoms with van der Waals surface area (Å²) in [6, 6.07) is 4.09. The zero-order valence-corrected chi connectivity index (χ0v) is 13.8. The lowest BCUT2D eigenvalue weighted by Crippen LogP contribution is -2.50. The Kier molecular flexibility index (Phi) is 5.36. The third-order valence-electron chi connectivity index (χ3n) is 5.26. The number of benzene rings is 1. The number of hydrogen-bond donors (Lipinski definition) is 2. The van der Waals surface area contributed by atoms with E-state index in [1.54, 1.807) is 4.90 Å². The van der Waals surface area contributed by atoms with E-state index in [9.17, 15) is 19.4 Å². The van der Waals surface area contributed by atoms with Gasteiger partial charge in [-0.1, -0.05) is 0 Å². The Labute approximate surface area is 141 Å². The molecule has 0 spiro atoms. The third-order valence-corrected chi connectivity index (χ3v) is 5.26. The van der Waals surface area contributed by atoms with Gasteiger partial charge in [-0.25, -0.2) is 4.39 Å². The number of likely N-dealkylation sites (tertiary alicyclic amines) is 2. The molecule has 132 valence electrons. The van der Waals surface area contributed by atoms with Crippen LogP contribution in [0.4, 0.5) is 4.39 Å². The Morgan fingerprint density at radius 3 is 2.62 bits per heavy atom. The number of aliphatic hydroxyl groups excluding tert-OH is 1. The van der Waals surface area contributed by atoms with Crippen molar-refractivity contribution in [1.82, 2.24) is 9.80 Å². The van der Waals surface area contributed by atoms with Crippen LogP contribution in [0.15, 0.2) is 18.2 Å². The van der Waals surface area contributed by atoms with Gasteiger partial charge in [0.05, 0.1) is 5.56 Å². The number of aromatic hydroxyl groups is 1. The molecule has 0 aromatic heterocycles. The molecule has 2 fully saturated rings. The number of piperidine rings is 2. The van der Waals surface area contributed by atoms with Gasteiger partial charge in [0.15, 0.2) is 0 Å². The summed E-state index contributed by atoms with van der Waals surface area (Å²) in [6.07, 6.45) is 3.96. The Bertz CT molecular complexity index is 588. The number of phenols is 1. The van der Waals surface area contributed by atoms with E-state index in [0.29, 0.717) is 25.0 Å². The van der Waals surface area contributed by atoms with Crippen molar-refractivity contribution in [3.05, 3.63) is 29.6 Å². The van der Waals surface area contributed by atoms with Crippen LogP contribution in [0.2, 0.25) is 0 Å². The molecular weight excluding hydrogens is 311 g/mol. The van der Waals surface area contributed by atoms with E-state index in [-0.39, 0.29) is 23.8 Å². The molecule has 0 aliphatic carbocycles. The van der Waals surface area contributed by atoms with Crippen molar-refractivity contribution in [1.29, 1.82) is 0 Å². The first-order chi connectivity index (χ1) is 11.6. The lowest BCUT2D eigenvalue weighted by molar-refractivity contribution is 0.0452. The average molecular weight is 336 g/mol. The second-order valence-corrected chi connectivity index (χ2v) is 6.87. The van der Waals surface area contributed by atoms with Gasteiger partial charge in [-0.3, -0.25) is 9.69 Å². The number of hydrogen-bond acceptors (Lipinski definition) is 4. The molecule has 0 radical (unpaired) electrons. The van der Waals surface area contributed by atoms with Gasteiger partial charge in [0.2, 0.25) is 0 Å². The average Bonchev–Trinajstić information content (AvgIpc) is 2.61. The summed E-state index contributed by atoms with van der Waals surface area (Å²) in [5, 5.41) is 18.6. The fraction of sp³-hybridized carbons (Fsp3) is 0.611. The molecule has 0 bridgehead atoms. The normalized spacial score (nSPS) is 23.4. The predicted molar refractivity (Wildman–Crippen MR) is 88.4 cm³/mol. The summed E-state index contributed by atoms with van der Waals surface area (Å²) in [6.45, 7) is 3.46. The smallest absolute Gasteiger partial charge is 0.256 e. The maximum atomic E-state index is 13.9. The summed E-state index contributed by atoms with van der Waals surface area (Å²) in [5.41, 5.74) is 0.0181. The number of carbonyl (C=O) groups excluding carboxylic acids is 1. The monoisotopic (exact) mass is 336 g/mol. The maximum absolute atomic E-state index is 13.9. The summed E-state index contributed by atoms with van der Waals surface area (Å²) >= 11 is 0. The Balaban J connectivity index is 1.57. The summed E-state index contributed by atoms with van der Waals surface area (Å²) < 4.78 is 13.9. The minimum atomic E-state index is -0.677. The zero-order valence-electron chi connectivity index (χ0n) is 13.8. The molecule has 5 nitrogen and oxygen atoms in total. The topological polar surface area (TPSA) is 64.0 Å². The van der Waals surface area contributed by atoms with Crippen LogP contribution in [0.3, 0.4) is 0 Å².